The summed E-state index contributed by atoms with van der Waals surface area (Å²) in [6.45, 7) is 6.21. The molecule has 0 aliphatic heterocycles. The molecule has 0 heterocycles. The first-order valence-corrected chi connectivity index (χ1v) is 11.8. The van der Waals surface area contributed by atoms with E-state index in [0.29, 0.717) is 22.0 Å². The molecule has 1 N–H and O–H groups in total. The molecule has 2 amide bonds. The molecule has 30 heavy (non-hydrogen) atoms. The second kappa shape index (κ2) is 11.6. The van der Waals surface area contributed by atoms with Crippen molar-refractivity contribution >= 4 is 46.8 Å². The number of hydrogen-bond acceptors (Lipinski definition) is 3. The Morgan fingerprint density at radius 3 is 2.23 bits per heavy atom. The van der Waals surface area contributed by atoms with Crippen LogP contribution in [0.25, 0.3) is 0 Å². The van der Waals surface area contributed by atoms with Crippen molar-refractivity contribution in [2.75, 3.05) is 12.8 Å². The van der Waals surface area contributed by atoms with Crippen LogP contribution in [0.4, 0.5) is 0 Å². The van der Waals surface area contributed by atoms with Crippen molar-refractivity contribution in [1.29, 1.82) is 0 Å². The van der Waals surface area contributed by atoms with Crippen LogP contribution < -0.4 is 5.32 Å². The zero-order valence-corrected chi connectivity index (χ0v) is 20.1. The molecular weight excluding hydrogens is 439 g/mol. The molecule has 162 valence electrons. The molecule has 0 spiro atoms. The van der Waals surface area contributed by atoms with Gasteiger partial charge in [0.15, 0.2) is 0 Å². The second-order valence-corrected chi connectivity index (χ2v) is 9.05. The number of likely N-dealkylation sites (N-methyl/N-ethyl adjacent to an activating group) is 1. The first kappa shape index (κ1) is 24.6. The monoisotopic (exact) mass is 466 g/mol. The van der Waals surface area contributed by atoms with E-state index in [9.17, 15) is 9.59 Å². The topological polar surface area (TPSA) is 49.4 Å². The summed E-state index contributed by atoms with van der Waals surface area (Å²) in [4.78, 5) is 27.2. The lowest BCUT2D eigenvalue weighted by atomic mass is 10.1. The van der Waals surface area contributed by atoms with Gasteiger partial charge in [-0.15, -0.1) is 11.8 Å². The van der Waals surface area contributed by atoms with Crippen molar-refractivity contribution in [2.45, 2.75) is 45.5 Å². The van der Waals surface area contributed by atoms with Crippen LogP contribution in [0.2, 0.25) is 10.0 Å². The average Bonchev–Trinajstić information content (AvgIpc) is 2.68. The lowest BCUT2D eigenvalue weighted by Gasteiger charge is -2.30. The second-order valence-electron chi connectivity index (χ2n) is 7.25. The Hall–Kier alpha value is -1.69. The number of amides is 2. The molecule has 0 bridgehead atoms. The van der Waals surface area contributed by atoms with Gasteiger partial charge in [0.25, 0.3) is 0 Å². The largest absolute Gasteiger partial charge is 0.357 e. The molecule has 0 unspecified atom stereocenters. The first-order chi connectivity index (χ1) is 14.3. The highest BCUT2D eigenvalue weighted by Crippen LogP contribution is 2.27. The maximum absolute atomic E-state index is 13.2. The van der Waals surface area contributed by atoms with Crippen LogP contribution in [-0.4, -0.2) is 35.6 Å². The molecule has 2 rings (SSSR count). The number of thioether (sulfide) groups is 1. The summed E-state index contributed by atoms with van der Waals surface area (Å²) in [5, 5.41) is 3.62. The van der Waals surface area contributed by atoms with Crippen molar-refractivity contribution in [3.63, 3.8) is 0 Å². The molecule has 0 radical (unpaired) electrons. The maximum Gasteiger partial charge on any atom is 0.242 e. The van der Waals surface area contributed by atoms with Gasteiger partial charge in [0.2, 0.25) is 11.8 Å². The molecule has 0 saturated heterocycles. The van der Waals surface area contributed by atoms with Gasteiger partial charge in [0, 0.05) is 35.0 Å². The van der Waals surface area contributed by atoms with Crippen LogP contribution >= 0.6 is 35.0 Å². The number of halogens is 2. The third-order valence-electron chi connectivity index (χ3n) is 4.80. The molecule has 7 heteroatoms. The standard InChI is InChI=1S/C23H28Cl2N2O2S/c1-5-21(23(29)26-4)27(12-18-19(24)7-6-8-20(18)25)22(28)14-30-13-17-10-15(2)9-16(3)11-17/h6-11,21H,5,12-14H2,1-4H3,(H,26,29)/t21-/m1/s1. The highest BCUT2D eigenvalue weighted by molar-refractivity contribution is 7.99. The number of carbonyl (C=O) groups is 2. The lowest BCUT2D eigenvalue weighted by Crippen LogP contribution is -2.48. The van der Waals surface area contributed by atoms with Crippen LogP contribution in [0.3, 0.4) is 0 Å². The minimum atomic E-state index is -0.586. The van der Waals surface area contributed by atoms with E-state index in [0.717, 1.165) is 5.75 Å². The Balaban J connectivity index is 2.18. The fourth-order valence-corrected chi connectivity index (χ4v) is 4.79. The predicted molar refractivity (Wildman–Crippen MR) is 127 cm³/mol. The fourth-order valence-electron chi connectivity index (χ4n) is 3.43. The zero-order chi connectivity index (χ0) is 22.3. The summed E-state index contributed by atoms with van der Waals surface area (Å²) in [5.41, 5.74) is 4.25. The summed E-state index contributed by atoms with van der Waals surface area (Å²) >= 11 is 14.2. The number of nitrogens with one attached hydrogen (secondary N) is 1. The molecule has 2 aromatic rings. The molecule has 2 aromatic carbocycles. The number of aryl methyl sites for hydroxylation is 2. The van der Waals surface area contributed by atoms with E-state index in [-0.39, 0.29) is 24.1 Å². The Bertz CT molecular complexity index is 864. The van der Waals surface area contributed by atoms with E-state index >= 15 is 0 Å². The number of benzene rings is 2. The molecule has 0 aromatic heterocycles. The van der Waals surface area contributed by atoms with Crippen LogP contribution in [0.1, 0.15) is 35.6 Å². The van der Waals surface area contributed by atoms with Gasteiger partial charge < -0.3 is 10.2 Å². The van der Waals surface area contributed by atoms with Gasteiger partial charge in [0.1, 0.15) is 6.04 Å². The van der Waals surface area contributed by atoms with Crippen LogP contribution in [-0.2, 0) is 21.9 Å². The smallest absolute Gasteiger partial charge is 0.242 e. The van der Waals surface area contributed by atoms with E-state index < -0.39 is 6.04 Å². The van der Waals surface area contributed by atoms with Crippen molar-refractivity contribution < 1.29 is 9.59 Å². The molecule has 0 aliphatic carbocycles. The van der Waals surface area contributed by atoms with E-state index in [2.05, 4.69) is 37.4 Å². The quantitative estimate of drug-likeness (QED) is 0.538. The molecule has 0 fully saturated rings. The summed E-state index contributed by atoms with van der Waals surface area (Å²) in [5.74, 6) is 0.679. The molecule has 4 nitrogen and oxygen atoms in total. The lowest BCUT2D eigenvalue weighted by molar-refractivity contribution is -0.139. The summed E-state index contributed by atoms with van der Waals surface area (Å²) < 4.78 is 0. The number of carbonyl (C=O) groups excluding carboxylic acids is 2. The zero-order valence-electron chi connectivity index (χ0n) is 17.8. The number of hydrogen-bond donors (Lipinski definition) is 1. The average molecular weight is 467 g/mol. The summed E-state index contributed by atoms with van der Waals surface area (Å²) in [7, 11) is 1.57. The molecular formula is C23H28Cl2N2O2S. The van der Waals surface area contributed by atoms with Gasteiger partial charge >= 0.3 is 0 Å². The van der Waals surface area contributed by atoms with Crippen molar-refractivity contribution in [3.8, 4) is 0 Å². The number of rotatable bonds is 9. The van der Waals surface area contributed by atoms with Gasteiger partial charge in [0.05, 0.1) is 5.75 Å². The third kappa shape index (κ3) is 6.66. The van der Waals surface area contributed by atoms with Gasteiger partial charge in [-0.25, -0.2) is 0 Å². The van der Waals surface area contributed by atoms with E-state index in [1.54, 1.807) is 30.1 Å². The van der Waals surface area contributed by atoms with Gasteiger partial charge in [-0.1, -0.05) is 65.5 Å². The normalized spacial score (nSPS) is 11.8. The summed E-state index contributed by atoms with van der Waals surface area (Å²) in [6, 6.07) is 11.0. The highest BCUT2D eigenvalue weighted by Gasteiger charge is 2.29. The summed E-state index contributed by atoms with van der Waals surface area (Å²) in [6.07, 6.45) is 0.495. The Labute approximate surface area is 193 Å². The van der Waals surface area contributed by atoms with Crippen molar-refractivity contribution in [2.24, 2.45) is 0 Å². The first-order valence-electron chi connectivity index (χ1n) is 9.85. The third-order valence-corrected chi connectivity index (χ3v) is 6.49. The Morgan fingerprint density at radius 2 is 1.70 bits per heavy atom. The minimum Gasteiger partial charge on any atom is -0.357 e. The minimum absolute atomic E-state index is 0.115. The van der Waals surface area contributed by atoms with Crippen LogP contribution in [0, 0.1) is 13.8 Å². The molecule has 0 saturated carbocycles. The van der Waals surface area contributed by atoms with E-state index in [1.807, 2.05) is 6.92 Å². The van der Waals surface area contributed by atoms with Crippen molar-refractivity contribution in [3.05, 3.63) is 68.7 Å². The number of nitrogens with zero attached hydrogens (tertiary/aromatic N) is 1. The Morgan fingerprint density at radius 1 is 1.10 bits per heavy atom. The fraction of sp³-hybridized carbons (Fsp3) is 0.391. The Kier molecular flexibility index (Phi) is 9.53. The predicted octanol–water partition coefficient (Wildman–Crippen LogP) is 5.40. The van der Waals surface area contributed by atoms with Crippen LogP contribution in [0.5, 0.6) is 0 Å². The van der Waals surface area contributed by atoms with Gasteiger partial charge in [-0.2, -0.15) is 0 Å². The van der Waals surface area contributed by atoms with Crippen LogP contribution in [0.15, 0.2) is 36.4 Å². The molecule has 0 aliphatic rings. The van der Waals surface area contributed by atoms with E-state index in [1.165, 1.54) is 28.5 Å². The maximum atomic E-state index is 13.2. The van der Waals surface area contributed by atoms with Gasteiger partial charge in [-0.3, -0.25) is 9.59 Å². The molecule has 1 atom stereocenters. The SMILES string of the molecule is CC[C@H](C(=O)NC)N(Cc1c(Cl)cccc1Cl)C(=O)CSCc1cc(C)cc(C)c1. The highest BCUT2D eigenvalue weighted by atomic mass is 35.5. The van der Waals surface area contributed by atoms with Gasteiger partial charge in [-0.05, 0) is 38.0 Å². The van der Waals surface area contributed by atoms with Crippen molar-refractivity contribution in [1.82, 2.24) is 10.2 Å². The van der Waals surface area contributed by atoms with E-state index in [4.69, 9.17) is 23.2 Å².